The monoisotopic (exact) mass is 279 g/mol. The largest absolute Gasteiger partial charge is 0.496 e. The number of benzene rings is 1. The molecule has 0 bridgehead atoms. The highest BCUT2D eigenvalue weighted by Gasteiger charge is 2.39. The summed E-state index contributed by atoms with van der Waals surface area (Å²) in [6.45, 7) is 1.86. The Morgan fingerprint density at radius 1 is 1.40 bits per heavy atom. The van der Waals surface area contributed by atoms with Gasteiger partial charge in [0, 0.05) is 13.0 Å². The van der Waals surface area contributed by atoms with Gasteiger partial charge in [-0.05, 0) is 19.1 Å². The molecule has 0 radical (unpaired) electrons. The minimum absolute atomic E-state index is 0.0207. The molecular weight excluding hydrogens is 262 g/mol. The molecule has 0 spiro atoms. The van der Waals surface area contributed by atoms with Crippen LogP contribution < -0.4 is 4.74 Å². The minimum Gasteiger partial charge on any atom is -0.496 e. The van der Waals surface area contributed by atoms with Crippen LogP contribution in [0.4, 0.5) is 0 Å². The number of β-amino-alcohol motifs (C(OH)–C–C–N with tert-alkyl or cyclic N) is 1. The Morgan fingerprint density at radius 3 is 2.70 bits per heavy atom. The van der Waals surface area contributed by atoms with Crippen molar-refractivity contribution in [2.24, 2.45) is 0 Å². The molecule has 20 heavy (non-hydrogen) atoms. The first kappa shape index (κ1) is 14.3. The van der Waals surface area contributed by atoms with Crippen LogP contribution in [0, 0.1) is 6.92 Å². The Morgan fingerprint density at radius 2 is 2.10 bits per heavy atom. The van der Waals surface area contributed by atoms with Crippen LogP contribution in [-0.2, 0) is 4.79 Å². The lowest BCUT2D eigenvalue weighted by Crippen LogP contribution is -2.40. The molecule has 1 aliphatic rings. The van der Waals surface area contributed by atoms with Crippen LogP contribution >= 0.6 is 0 Å². The van der Waals surface area contributed by atoms with E-state index in [2.05, 4.69) is 0 Å². The van der Waals surface area contributed by atoms with E-state index in [-0.39, 0.29) is 13.0 Å². The Hall–Kier alpha value is -2.08. The summed E-state index contributed by atoms with van der Waals surface area (Å²) in [7, 11) is 1.45. The second kappa shape index (κ2) is 5.50. The molecule has 1 unspecified atom stereocenters. The van der Waals surface area contributed by atoms with Crippen molar-refractivity contribution in [2.75, 3.05) is 13.7 Å². The molecule has 1 aliphatic heterocycles. The van der Waals surface area contributed by atoms with Crippen LogP contribution in [0.15, 0.2) is 18.2 Å². The van der Waals surface area contributed by atoms with Crippen LogP contribution in [-0.4, -0.2) is 52.8 Å². The minimum atomic E-state index is -1.11. The first-order valence-electron chi connectivity index (χ1n) is 6.30. The predicted molar refractivity (Wildman–Crippen MR) is 70.8 cm³/mol. The molecule has 2 atom stereocenters. The summed E-state index contributed by atoms with van der Waals surface area (Å²) in [6.07, 6.45) is -0.759. The topological polar surface area (TPSA) is 87.1 Å². The van der Waals surface area contributed by atoms with Crippen molar-refractivity contribution in [1.82, 2.24) is 4.90 Å². The molecule has 1 heterocycles. The normalized spacial score (nSPS) is 21.9. The molecule has 6 heteroatoms. The van der Waals surface area contributed by atoms with Crippen molar-refractivity contribution in [3.63, 3.8) is 0 Å². The Balaban J connectivity index is 2.35. The number of amides is 1. The van der Waals surface area contributed by atoms with Gasteiger partial charge in [-0.1, -0.05) is 11.6 Å². The first-order chi connectivity index (χ1) is 9.43. The zero-order valence-electron chi connectivity index (χ0n) is 11.4. The van der Waals surface area contributed by atoms with Gasteiger partial charge in [-0.3, -0.25) is 4.79 Å². The molecule has 2 N–H and O–H groups in total. The summed E-state index contributed by atoms with van der Waals surface area (Å²) in [5.41, 5.74) is 1.19. The van der Waals surface area contributed by atoms with Crippen LogP contribution in [0.3, 0.4) is 0 Å². The number of aliphatic hydroxyl groups excluding tert-OH is 1. The second-order valence-corrected chi connectivity index (χ2v) is 4.90. The molecule has 0 aliphatic carbocycles. The number of carbonyl (C=O) groups is 2. The number of hydrogen-bond donors (Lipinski definition) is 2. The van der Waals surface area contributed by atoms with Crippen LogP contribution in [0.1, 0.15) is 22.3 Å². The van der Waals surface area contributed by atoms with Crippen molar-refractivity contribution in [2.45, 2.75) is 25.5 Å². The number of carboxylic acids is 1. The predicted octanol–water partition coefficient (Wildman–Crippen LogP) is 0.664. The Bertz CT molecular complexity index is 542. The van der Waals surface area contributed by atoms with E-state index in [0.717, 1.165) is 5.56 Å². The van der Waals surface area contributed by atoms with E-state index in [4.69, 9.17) is 9.84 Å². The number of methoxy groups -OCH3 is 1. The van der Waals surface area contributed by atoms with Crippen LogP contribution in [0.5, 0.6) is 5.75 Å². The third-order valence-electron chi connectivity index (χ3n) is 3.41. The third kappa shape index (κ3) is 2.60. The third-order valence-corrected chi connectivity index (χ3v) is 3.41. The van der Waals surface area contributed by atoms with E-state index in [1.807, 2.05) is 13.0 Å². The number of aliphatic hydroxyl groups is 1. The van der Waals surface area contributed by atoms with Gasteiger partial charge in [0.1, 0.15) is 11.8 Å². The molecule has 0 saturated carbocycles. The lowest BCUT2D eigenvalue weighted by molar-refractivity contribution is -0.141. The number of ether oxygens (including phenoxy) is 1. The maximum atomic E-state index is 12.5. The molecule has 6 nitrogen and oxygen atoms in total. The molecule has 1 fully saturated rings. The summed E-state index contributed by atoms with van der Waals surface area (Å²) in [5, 5.41) is 18.7. The summed E-state index contributed by atoms with van der Waals surface area (Å²) < 4.78 is 5.15. The van der Waals surface area contributed by atoms with Crippen LogP contribution in [0.2, 0.25) is 0 Å². The number of aliphatic carboxylic acids is 1. The van der Waals surface area contributed by atoms with Gasteiger partial charge in [-0.15, -0.1) is 0 Å². The van der Waals surface area contributed by atoms with Crippen molar-refractivity contribution in [3.05, 3.63) is 29.3 Å². The molecule has 1 amide bonds. The van der Waals surface area contributed by atoms with Crippen molar-refractivity contribution in [3.8, 4) is 5.75 Å². The summed E-state index contributed by atoms with van der Waals surface area (Å²) in [4.78, 5) is 24.9. The zero-order valence-corrected chi connectivity index (χ0v) is 11.4. The van der Waals surface area contributed by atoms with Gasteiger partial charge in [0.15, 0.2) is 0 Å². The average Bonchev–Trinajstić information content (AvgIpc) is 2.80. The number of likely N-dealkylation sites (tertiary alicyclic amines) is 1. The molecular formula is C14H17NO5. The van der Waals surface area contributed by atoms with Crippen LogP contribution in [0.25, 0.3) is 0 Å². The van der Waals surface area contributed by atoms with E-state index in [9.17, 15) is 14.7 Å². The van der Waals surface area contributed by atoms with E-state index < -0.39 is 24.0 Å². The molecule has 1 aromatic rings. The van der Waals surface area contributed by atoms with E-state index in [1.165, 1.54) is 12.0 Å². The molecule has 2 rings (SSSR count). The highest BCUT2D eigenvalue weighted by atomic mass is 16.5. The molecule has 1 aromatic carbocycles. The number of aryl methyl sites for hydroxylation is 1. The first-order valence-corrected chi connectivity index (χ1v) is 6.30. The standard InChI is InChI=1S/C14H17NO5/c1-8-3-4-12(20-2)10(5-8)13(17)15-7-9(16)6-11(15)14(18)19/h3-5,9,11,16H,6-7H2,1-2H3,(H,18,19)/t9?,11-/m0/s1. The number of carboxylic acid groups (broad SMARTS) is 1. The second-order valence-electron chi connectivity index (χ2n) is 4.90. The number of carbonyl (C=O) groups excluding carboxylic acids is 1. The maximum Gasteiger partial charge on any atom is 0.326 e. The maximum absolute atomic E-state index is 12.5. The Labute approximate surface area is 116 Å². The molecule has 1 saturated heterocycles. The highest BCUT2D eigenvalue weighted by Crippen LogP contribution is 2.26. The fourth-order valence-corrected chi connectivity index (χ4v) is 2.42. The van der Waals surface area contributed by atoms with E-state index >= 15 is 0 Å². The highest BCUT2D eigenvalue weighted by molar-refractivity contribution is 5.99. The number of nitrogens with zero attached hydrogens (tertiary/aromatic N) is 1. The van der Waals surface area contributed by atoms with Gasteiger partial charge in [-0.2, -0.15) is 0 Å². The quantitative estimate of drug-likeness (QED) is 0.849. The Kier molecular flexibility index (Phi) is 3.94. The fourth-order valence-electron chi connectivity index (χ4n) is 2.42. The zero-order chi connectivity index (χ0) is 14.9. The smallest absolute Gasteiger partial charge is 0.326 e. The fraction of sp³-hybridized carbons (Fsp3) is 0.429. The lowest BCUT2D eigenvalue weighted by Gasteiger charge is -2.22. The van der Waals surface area contributed by atoms with Gasteiger partial charge in [0.05, 0.1) is 18.8 Å². The van der Waals surface area contributed by atoms with Gasteiger partial charge < -0.3 is 19.8 Å². The SMILES string of the molecule is COc1ccc(C)cc1C(=O)N1CC(O)C[C@H]1C(=O)O. The van der Waals surface area contributed by atoms with Gasteiger partial charge >= 0.3 is 5.97 Å². The molecule has 108 valence electrons. The number of hydrogen-bond acceptors (Lipinski definition) is 4. The van der Waals surface area contributed by atoms with Gasteiger partial charge in [-0.25, -0.2) is 4.79 Å². The number of rotatable bonds is 3. The summed E-state index contributed by atoms with van der Waals surface area (Å²) in [5.74, 6) is -1.15. The van der Waals surface area contributed by atoms with Gasteiger partial charge in [0.25, 0.3) is 5.91 Å². The van der Waals surface area contributed by atoms with E-state index in [1.54, 1.807) is 12.1 Å². The van der Waals surface area contributed by atoms with Crippen molar-refractivity contribution >= 4 is 11.9 Å². The summed E-state index contributed by atoms with van der Waals surface area (Å²) in [6, 6.07) is 4.14. The van der Waals surface area contributed by atoms with E-state index in [0.29, 0.717) is 11.3 Å². The van der Waals surface area contributed by atoms with Crippen molar-refractivity contribution < 1.29 is 24.5 Å². The average molecular weight is 279 g/mol. The molecule has 0 aromatic heterocycles. The summed E-state index contributed by atoms with van der Waals surface area (Å²) >= 11 is 0. The van der Waals surface area contributed by atoms with Gasteiger partial charge in [0.2, 0.25) is 0 Å². The van der Waals surface area contributed by atoms with Crippen molar-refractivity contribution in [1.29, 1.82) is 0 Å². The lowest BCUT2D eigenvalue weighted by atomic mass is 10.1.